The van der Waals surface area contributed by atoms with Crippen molar-refractivity contribution in [3.8, 4) is 5.75 Å². The minimum atomic E-state index is 0.0845. The molecular formula is C15H19N3O. The van der Waals surface area contributed by atoms with E-state index in [4.69, 9.17) is 4.74 Å². The van der Waals surface area contributed by atoms with E-state index in [1.165, 1.54) is 0 Å². The Kier molecular flexibility index (Phi) is 3.03. The molecular weight excluding hydrogens is 238 g/mol. The van der Waals surface area contributed by atoms with Crippen LogP contribution in [0, 0.1) is 0 Å². The van der Waals surface area contributed by atoms with Gasteiger partial charge in [0.05, 0.1) is 7.11 Å². The largest absolute Gasteiger partial charge is 0.497 e. The smallest absolute Gasteiger partial charge is 0.134 e. The lowest BCUT2D eigenvalue weighted by molar-refractivity contribution is 0.415. The SMILES string of the molecule is COc1ccc2c(NC3(C)CCNC3)nccc2c1. The van der Waals surface area contributed by atoms with Crippen molar-refractivity contribution in [2.45, 2.75) is 18.9 Å². The number of nitrogens with one attached hydrogen (secondary N) is 2. The third-order valence-electron chi connectivity index (χ3n) is 3.76. The van der Waals surface area contributed by atoms with Crippen LogP contribution in [0.15, 0.2) is 30.5 Å². The monoisotopic (exact) mass is 257 g/mol. The van der Waals surface area contributed by atoms with Gasteiger partial charge in [0, 0.05) is 23.7 Å². The highest BCUT2D eigenvalue weighted by atomic mass is 16.5. The molecule has 0 amide bonds. The number of ether oxygens (including phenoxy) is 1. The topological polar surface area (TPSA) is 46.2 Å². The molecule has 1 unspecified atom stereocenters. The molecule has 3 rings (SSSR count). The van der Waals surface area contributed by atoms with Gasteiger partial charge in [-0.05, 0) is 49.5 Å². The fourth-order valence-electron chi connectivity index (χ4n) is 2.59. The summed E-state index contributed by atoms with van der Waals surface area (Å²) in [5, 5.41) is 9.25. The van der Waals surface area contributed by atoms with Crippen LogP contribution in [-0.4, -0.2) is 30.7 Å². The number of methoxy groups -OCH3 is 1. The lowest BCUT2D eigenvalue weighted by Crippen LogP contribution is -2.37. The number of rotatable bonds is 3. The van der Waals surface area contributed by atoms with Crippen molar-refractivity contribution in [3.63, 3.8) is 0 Å². The van der Waals surface area contributed by atoms with Gasteiger partial charge in [-0.15, -0.1) is 0 Å². The molecule has 4 nitrogen and oxygen atoms in total. The van der Waals surface area contributed by atoms with Gasteiger partial charge in [0.1, 0.15) is 11.6 Å². The number of benzene rings is 1. The fourth-order valence-corrected chi connectivity index (χ4v) is 2.59. The number of pyridine rings is 1. The molecule has 1 atom stereocenters. The average Bonchev–Trinajstić information content (AvgIpc) is 2.85. The van der Waals surface area contributed by atoms with E-state index >= 15 is 0 Å². The molecule has 1 aliphatic heterocycles. The first-order valence-electron chi connectivity index (χ1n) is 6.62. The summed E-state index contributed by atoms with van der Waals surface area (Å²) in [5.41, 5.74) is 0.0845. The van der Waals surface area contributed by atoms with Crippen LogP contribution in [0.25, 0.3) is 10.8 Å². The minimum Gasteiger partial charge on any atom is -0.497 e. The highest BCUT2D eigenvalue weighted by molar-refractivity contribution is 5.92. The van der Waals surface area contributed by atoms with E-state index in [-0.39, 0.29) is 5.54 Å². The van der Waals surface area contributed by atoms with E-state index in [1.807, 2.05) is 24.4 Å². The molecule has 19 heavy (non-hydrogen) atoms. The van der Waals surface area contributed by atoms with E-state index in [0.29, 0.717) is 0 Å². The van der Waals surface area contributed by atoms with Gasteiger partial charge >= 0.3 is 0 Å². The Balaban J connectivity index is 1.99. The Morgan fingerprint density at radius 2 is 2.26 bits per heavy atom. The summed E-state index contributed by atoms with van der Waals surface area (Å²) in [6.45, 7) is 4.26. The van der Waals surface area contributed by atoms with Crippen LogP contribution in [0.4, 0.5) is 5.82 Å². The molecule has 1 aromatic carbocycles. The lowest BCUT2D eigenvalue weighted by Gasteiger charge is -2.26. The molecule has 0 spiro atoms. The number of hydrogen-bond acceptors (Lipinski definition) is 4. The molecule has 1 fully saturated rings. The molecule has 0 radical (unpaired) electrons. The van der Waals surface area contributed by atoms with Crippen molar-refractivity contribution in [2.24, 2.45) is 0 Å². The number of nitrogens with zero attached hydrogens (tertiary/aromatic N) is 1. The molecule has 0 aliphatic carbocycles. The van der Waals surface area contributed by atoms with Crippen molar-refractivity contribution in [1.29, 1.82) is 0 Å². The summed E-state index contributed by atoms with van der Waals surface area (Å²) in [6.07, 6.45) is 2.96. The zero-order valence-corrected chi connectivity index (χ0v) is 11.4. The van der Waals surface area contributed by atoms with Gasteiger partial charge in [-0.2, -0.15) is 0 Å². The highest BCUT2D eigenvalue weighted by Gasteiger charge is 2.28. The Hall–Kier alpha value is -1.81. The maximum absolute atomic E-state index is 5.26. The molecule has 0 bridgehead atoms. The average molecular weight is 257 g/mol. The first-order chi connectivity index (χ1) is 9.20. The zero-order chi connectivity index (χ0) is 13.3. The highest BCUT2D eigenvalue weighted by Crippen LogP contribution is 2.28. The molecule has 1 saturated heterocycles. The standard InChI is InChI=1S/C15H19N3O/c1-15(6-8-16-10-15)18-14-13-4-3-12(19-2)9-11(13)5-7-17-14/h3-5,7,9,16H,6,8,10H2,1-2H3,(H,17,18). The Morgan fingerprint density at radius 3 is 3.00 bits per heavy atom. The van der Waals surface area contributed by atoms with Crippen molar-refractivity contribution < 1.29 is 4.74 Å². The quantitative estimate of drug-likeness (QED) is 0.886. The fraction of sp³-hybridized carbons (Fsp3) is 0.400. The molecule has 100 valence electrons. The summed E-state index contributed by atoms with van der Waals surface area (Å²) in [4.78, 5) is 4.49. The zero-order valence-electron chi connectivity index (χ0n) is 11.4. The van der Waals surface area contributed by atoms with Crippen LogP contribution in [0.1, 0.15) is 13.3 Å². The lowest BCUT2D eigenvalue weighted by atomic mass is 10.0. The van der Waals surface area contributed by atoms with Gasteiger partial charge in [-0.25, -0.2) is 4.98 Å². The third-order valence-corrected chi connectivity index (χ3v) is 3.76. The molecule has 2 heterocycles. The summed E-state index contributed by atoms with van der Waals surface area (Å²) in [7, 11) is 1.69. The number of hydrogen-bond donors (Lipinski definition) is 2. The third kappa shape index (κ3) is 2.36. The number of anilines is 1. The first-order valence-corrected chi connectivity index (χ1v) is 6.62. The second-order valence-electron chi connectivity index (χ2n) is 5.36. The molecule has 4 heteroatoms. The van der Waals surface area contributed by atoms with Crippen molar-refractivity contribution in [2.75, 3.05) is 25.5 Å². The van der Waals surface area contributed by atoms with Gasteiger partial charge in [0.15, 0.2) is 0 Å². The van der Waals surface area contributed by atoms with Gasteiger partial charge < -0.3 is 15.4 Å². The summed E-state index contributed by atoms with van der Waals surface area (Å²) in [6, 6.07) is 8.09. The van der Waals surface area contributed by atoms with Crippen molar-refractivity contribution >= 4 is 16.6 Å². The number of fused-ring (bicyclic) bond motifs is 1. The van der Waals surface area contributed by atoms with Crippen LogP contribution in [-0.2, 0) is 0 Å². The molecule has 0 saturated carbocycles. The Labute approximate surface area is 113 Å². The van der Waals surface area contributed by atoms with E-state index in [9.17, 15) is 0 Å². The summed E-state index contributed by atoms with van der Waals surface area (Å²) >= 11 is 0. The second-order valence-corrected chi connectivity index (χ2v) is 5.36. The Morgan fingerprint density at radius 1 is 1.37 bits per heavy atom. The van der Waals surface area contributed by atoms with E-state index in [1.54, 1.807) is 7.11 Å². The predicted octanol–water partition coefficient (Wildman–Crippen LogP) is 2.41. The summed E-state index contributed by atoms with van der Waals surface area (Å²) in [5.74, 6) is 1.82. The summed E-state index contributed by atoms with van der Waals surface area (Å²) < 4.78 is 5.26. The van der Waals surface area contributed by atoms with E-state index in [0.717, 1.165) is 41.9 Å². The van der Waals surface area contributed by atoms with E-state index < -0.39 is 0 Å². The van der Waals surface area contributed by atoms with E-state index in [2.05, 4.69) is 28.6 Å². The van der Waals surface area contributed by atoms with Gasteiger partial charge in [-0.3, -0.25) is 0 Å². The van der Waals surface area contributed by atoms with Crippen molar-refractivity contribution in [3.05, 3.63) is 30.5 Å². The van der Waals surface area contributed by atoms with Crippen LogP contribution >= 0.6 is 0 Å². The first kappa shape index (κ1) is 12.2. The predicted molar refractivity (Wildman–Crippen MR) is 77.8 cm³/mol. The van der Waals surface area contributed by atoms with Gasteiger partial charge in [0.2, 0.25) is 0 Å². The number of aromatic nitrogens is 1. The Bertz CT molecular complexity index is 591. The van der Waals surface area contributed by atoms with Crippen LogP contribution in [0.5, 0.6) is 5.75 Å². The van der Waals surface area contributed by atoms with Crippen molar-refractivity contribution in [1.82, 2.24) is 10.3 Å². The maximum atomic E-state index is 5.26. The van der Waals surface area contributed by atoms with Crippen LogP contribution < -0.4 is 15.4 Å². The second kappa shape index (κ2) is 4.70. The molecule has 1 aromatic heterocycles. The molecule has 2 aromatic rings. The minimum absolute atomic E-state index is 0.0845. The van der Waals surface area contributed by atoms with Crippen LogP contribution in [0.3, 0.4) is 0 Å². The molecule has 2 N–H and O–H groups in total. The molecule has 1 aliphatic rings. The van der Waals surface area contributed by atoms with Gasteiger partial charge in [-0.1, -0.05) is 0 Å². The normalized spacial score (nSPS) is 22.6. The van der Waals surface area contributed by atoms with Crippen LogP contribution in [0.2, 0.25) is 0 Å². The van der Waals surface area contributed by atoms with Gasteiger partial charge in [0.25, 0.3) is 0 Å². The maximum Gasteiger partial charge on any atom is 0.134 e.